The summed E-state index contributed by atoms with van der Waals surface area (Å²) in [4.78, 5) is 2.41. The number of piperidine rings is 1. The second-order valence-corrected chi connectivity index (χ2v) is 6.39. The average molecular weight is 290 g/mol. The molecule has 1 aromatic rings. The molecule has 118 valence electrons. The Balaban J connectivity index is 2.30. The molecule has 0 aliphatic carbocycles. The third-order valence-corrected chi connectivity index (χ3v) is 4.91. The SMILES string of the molecule is CCOc1cc(C)c(C)cc1C(CN)C1CCN(C)CC1. The number of benzene rings is 1. The van der Waals surface area contributed by atoms with Crippen molar-refractivity contribution in [2.75, 3.05) is 33.3 Å². The van der Waals surface area contributed by atoms with Gasteiger partial charge in [-0.3, -0.25) is 0 Å². The van der Waals surface area contributed by atoms with Crippen molar-refractivity contribution in [3.8, 4) is 5.75 Å². The fraction of sp³-hybridized carbons (Fsp3) is 0.667. The summed E-state index contributed by atoms with van der Waals surface area (Å²) in [5, 5.41) is 0. The first-order valence-corrected chi connectivity index (χ1v) is 8.19. The van der Waals surface area contributed by atoms with E-state index in [2.05, 4.69) is 37.9 Å². The maximum atomic E-state index is 6.15. The highest BCUT2D eigenvalue weighted by molar-refractivity contribution is 5.44. The average Bonchev–Trinajstić information content (AvgIpc) is 2.47. The number of rotatable bonds is 5. The minimum atomic E-state index is 0.416. The van der Waals surface area contributed by atoms with E-state index in [9.17, 15) is 0 Å². The van der Waals surface area contributed by atoms with Gasteiger partial charge in [0.1, 0.15) is 5.75 Å². The molecule has 0 bridgehead atoms. The molecule has 0 aromatic heterocycles. The Morgan fingerprint density at radius 1 is 1.24 bits per heavy atom. The van der Waals surface area contributed by atoms with Gasteiger partial charge in [0, 0.05) is 5.92 Å². The van der Waals surface area contributed by atoms with Crippen molar-refractivity contribution in [1.29, 1.82) is 0 Å². The Kier molecular flexibility index (Phi) is 5.65. The van der Waals surface area contributed by atoms with E-state index in [0.717, 1.165) is 5.75 Å². The van der Waals surface area contributed by atoms with Crippen LogP contribution in [0.3, 0.4) is 0 Å². The van der Waals surface area contributed by atoms with Crippen molar-refractivity contribution in [2.24, 2.45) is 11.7 Å². The quantitative estimate of drug-likeness (QED) is 0.905. The molecular weight excluding hydrogens is 260 g/mol. The Labute approximate surface area is 129 Å². The number of aryl methyl sites for hydroxylation is 2. The molecule has 1 unspecified atom stereocenters. The number of likely N-dealkylation sites (tertiary alicyclic amines) is 1. The first-order chi connectivity index (χ1) is 10.1. The second-order valence-electron chi connectivity index (χ2n) is 6.39. The number of ether oxygens (including phenoxy) is 1. The van der Waals surface area contributed by atoms with E-state index in [4.69, 9.17) is 10.5 Å². The first-order valence-electron chi connectivity index (χ1n) is 8.19. The predicted molar refractivity (Wildman–Crippen MR) is 89.1 cm³/mol. The Morgan fingerprint density at radius 2 is 1.86 bits per heavy atom. The van der Waals surface area contributed by atoms with E-state index in [1.807, 2.05) is 6.92 Å². The highest BCUT2D eigenvalue weighted by Crippen LogP contribution is 2.37. The van der Waals surface area contributed by atoms with Crippen LogP contribution in [0.5, 0.6) is 5.75 Å². The Bertz CT molecular complexity index is 465. The van der Waals surface area contributed by atoms with Crippen LogP contribution in [0.2, 0.25) is 0 Å². The molecule has 1 atom stereocenters. The summed E-state index contributed by atoms with van der Waals surface area (Å²) < 4.78 is 5.90. The van der Waals surface area contributed by atoms with Gasteiger partial charge < -0.3 is 15.4 Å². The van der Waals surface area contributed by atoms with E-state index >= 15 is 0 Å². The molecule has 1 aliphatic heterocycles. The number of nitrogens with two attached hydrogens (primary N) is 1. The summed E-state index contributed by atoms with van der Waals surface area (Å²) in [5.74, 6) is 2.13. The highest BCUT2D eigenvalue weighted by Gasteiger charge is 2.28. The van der Waals surface area contributed by atoms with Crippen molar-refractivity contribution in [3.05, 3.63) is 28.8 Å². The zero-order chi connectivity index (χ0) is 15.4. The van der Waals surface area contributed by atoms with Gasteiger partial charge in [0.2, 0.25) is 0 Å². The van der Waals surface area contributed by atoms with Crippen LogP contribution in [-0.4, -0.2) is 38.2 Å². The van der Waals surface area contributed by atoms with Crippen LogP contribution < -0.4 is 10.5 Å². The van der Waals surface area contributed by atoms with Gasteiger partial charge in [-0.1, -0.05) is 6.07 Å². The van der Waals surface area contributed by atoms with Gasteiger partial charge >= 0.3 is 0 Å². The molecule has 1 fully saturated rings. The van der Waals surface area contributed by atoms with Crippen LogP contribution in [0.4, 0.5) is 0 Å². The van der Waals surface area contributed by atoms with Gasteiger partial charge in [0.15, 0.2) is 0 Å². The van der Waals surface area contributed by atoms with E-state index < -0.39 is 0 Å². The lowest BCUT2D eigenvalue weighted by Gasteiger charge is -2.35. The molecule has 1 saturated heterocycles. The minimum Gasteiger partial charge on any atom is -0.494 e. The maximum absolute atomic E-state index is 6.15. The Hall–Kier alpha value is -1.06. The third kappa shape index (κ3) is 3.78. The molecular formula is C18H30N2O. The summed E-state index contributed by atoms with van der Waals surface area (Å²) in [6, 6.07) is 4.49. The third-order valence-electron chi connectivity index (χ3n) is 4.91. The van der Waals surface area contributed by atoms with Crippen molar-refractivity contribution < 1.29 is 4.74 Å². The van der Waals surface area contributed by atoms with E-state index in [0.29, 0.717) is 25.0 Å². The zero-order valence-electron chi connectivity index (χ0n) is 14.0. The molecule has 0 amide bonds. The molecule has 2 rings (SSSR count). The molecule has 1 aromatic carbocycles. The van der Waals surface area contributed by atoms with Crippen LogP contribution >= 0.6 is 0 Å². The van der Waals surface area contributed by atoms with Crippen LogP contribution in [0.15, 0.2) is 12.1 Å². The van der Waals surface area contributed by atoms with Crippen LogP contribution in [-0.2, 0) is 0 Å². The minimum absolute atomic E-state index is 0.416. The Morgan fingerprint density at radius 3 is 2.43 bits per heavy atom. The number of hydrogen-bond acceptors (Lipinski definition) is 3. The summed E-state index contributed by atoms with van der Waals surface area (Å²) >= 11 is 0. The zero-order valence-corrected chi connectivity index (χ0v) is 14.0. The van der Waals surface area contributed by atoms with Crippen molar-refractivity contribution >= 4 is 0 Å². The lowest BCUT2D eigenvalue weighted by molar-refractivity contribution is 0.197. The van der Waals surface area contributed by atoms with Crippen molar-refractivity contribution in [1.82, 2.24) is 4.90 Å². The normalized spacial score (nSPS) is 18.7. The van der Waals surface area contributed by atoms with Gasteiger partial charge in [-0.05, 0) is 89.0 Å². The van der Waals surface area contributed by atoms with Gasteiger partial charge in [0.25, 0.3) is 0 Å². The summed E-state index contributed by atoms with van der Waals surface area (Å²) in [6.07, 6.45) is 2.47. The van der Waals surface area contributed by atoms with Crippen LogP contribution in [0, 0.1) is 19.8 Å². The highest BCUT2D eigenvalue weighted by atomic mass is 16.5. The standard InChI is InChI=1S/C18H30N2O/c1-5-21-18-11-14(3)13(2)10-16(18)17(12-19)15-6-8-20(4)9-7-15/h10-11,15,17H,5-9,12,19H2,1-4H3. The summed E-state index contributed by atoms with van der Waals surface area (Å²) in [7, 11) is 2.20. The largest absolute Gasteiger partial charge is 0.494 e. The summed E-state index contributed by atoms with van der Waals surface area (Å²) in [5.41, 5.74) is 10.1. The van der Waals surface area contributed by atoms with Crippen LogP contribution in [0.25, 0.3) is 0 Å². The van der Waals surface area contributed by atoms with Gasteiger partial charge in [-0.15, -0.1) is 0 Å². The molecule has 1 aliphatic rings. The maximum Gasteiger partial charge on any atom is 0.123 e. The van der Waals surface area contributed by atoms with Gasteiger partial charge in [-0.2, -0.15) is 0 Å². The molecule has 1 heterocycles. The molecule has 3 heteroatoms. The fourth-order valence-electron chi connectivity index (χ4n) is 3.39. The number of hydrogen-bond donors (Lipinski definition) is 1. The summed E-state index contributed by atoms with van der Waals surface area (Å²) in [6.45, 7) is 10.1. The first kappa shape index (κ1) is 16.3. The lowest BCUT2D eigenvalue weighted by atomic mass is 9.79. The van der Waals surface area contributed by atoms with E-state index in [1.165, 1.54) is 42.6 Å². The van der Waals surface area contributed by atoms with Crippen molar-refractivity contribution in [3.63, 3.8) is 0 Å². The molecule has 0 saturated carbocycles. The lowest BCUT2D eigenvalue weighted by Crippen LogP contribution is -2.35. The van der Waals surface area contributed by atoms with Crippen LogP contribution in [0.1, 0.15) is 42.4 Å². The molecule has 21 heavy (non-hydrogen) atoms. The van der Waals surface area contributed by atoms with E-state index in [-0.39, 0.29) is 0 Å². The monoisotopic (exact) mass is 290 g/mol. The van der Waals surface area contributed by atoms with Gasteiger partial charge in [-0.25, -0.2) is 0 Å². The van der Waals surface area contributed by atoms with E-state index in [1.54, 1.807) is 0 Å². The molecule has 3 nitrogen and oxygen atoms in total. The smallest absolute Gasteiger partial charge is 0.123 e. The second kappa shape index (κ2) is 7.28. The molecule has 0 radical (unpaired) electrons. The topological polar surface area (TPSA) is 38.5 Å². The molecule has 0 spiro atoms. The molecule has 2 N–H and O–H groups in total. The van der Waals surface area contributed by atoms with Gasteiger partial charge in [0.05, 0.1) is 6.61 Å². The fourth-order valence-corrected chi connectivity index (χ4v) is 3.39. The predicted octanol–water partition coefficient (Wildman–Crippen LogP) is 3.09. The number of nitrogens with zero attached hydrogens (tertiary/aromatic N) is 1. The van der Waals surface area contributed by atoms with Crippen molar-refractivity contribution in [2.45, 2.75) is 39.5 Å².